The Morgan fingerprint density at radius 3 is 2.53 bits per heavy atom. The van der Waals surface area contributed by atoms with Crippen LogP contribution in [0.2, 0.25) is 0 Å². The number of hydrogen-bond donors (Lipinski definition) is 1. The van der Waals surface area contributed by atoms with Gasteiger partial charge in [-0.15, -0.1) is 5.10 Å². The van der Waals surface area contributed by atoms with Crippen molar-refractivity contribution < 1.29 is 14.7 Å². The third-order valence-corrected chi connectivity index (χ3v) is 3.14. The standard InChI is InChI=1S/C11H17N5O3/c17-10(9-16-4-2-12-13-16)15-7-5-14(6-8-15)3-1-11(18)19/h2,4H,1,3,5-9H2,(H,18,19). The number of carbonyl (C=O) groups excluding carboxylic acids is 1. The fraction of sp³-hybridized carbons (Fsp3) is 0.636. The molecule has 0 saturated carbocycles. The molecule has 8 nitrogen and oxygen atoms in total. The van der Waals surface area contributed by atoms with Crippen LogP contribution in [0, 0.1) is 0 Å². The number of aromatic nitrogens is 3. The molecule has 2 rings (SSSR count). The maximum Gasteiger partial charge on any atom is 0.304 e. The summed E-state index contributed by atoms with van der Waals surface area (Å²) < 4.78 is 1.50. The van der Waals surface area contributed by atoms with Gasteiger partial charge in [0.2, 0.25) is 5.91 Å². The zero-order valence-corrected chi connectivity index (χ0v) is 10.6. The van der Waals surface area contributed by atoms with E-state index in [1.54, 1.807) is 11.1 Å². The number of nitrogens with zero attached hydrogens (tertiary/aromatic N) is 5. The van der Waals surface area contributed by atoms with Gasteiger partial charge in [-0.3, -0.25) is 14.5 Å². The van der Waals surface area contributed by atoms with Gasteiger partial charge in [-0.2, -0.15) is 0 Å². The number of piperazine rings is 1. The van der Waals surface area contributed by atoms with Gasteiger partial charge in [0.1, 0.15) is 6.54 Å². The van der Waals surface area contributed by atoms with Crippen molar-refractivity contribution in [1.82, 2.24) is 24.8 Å². The molecule has 1 fully saturated rings. The summed E-state index contributed by atoms with van der Waals surface area (Å²) in [6, 6.07) is 0. The highest BCUT2D eigenvalue weighted by Gasteiger charge is 2.21. The number of hydrogen-bond acceptors (Lipinski definition) is 5. The third kappa shape index (κ3) is 4.02. The molecular weight excluding hydrogens is 250 g/mol. The third-order valence-electron chi connectivity index (χ3n) is 3.14. The molecule has 1 aliphatic heterocycles. The van der Waals surface area contributed by atoms with Crippen LogP contribution < -0.4 is 0 Å². The molecule has 1 aliphatic rings. The van der Waals surface area contributed by atoms with E-state index in [2.05, 4.69) is 15.2 Å². The van der Waals surface area contributed by atoms with Gasteiger partial charge in [0, 0.05) is 38.9 Å². The van der Waals surface area contributed by atoms with Crippen molar-refractivity contribution in [3.05, 3.63) is 12.4 Å². The van der Waals surface area contributed by atoms with Crippen molar-refractivity contribution in [2.45, 2.75) is 13.0 Å². The highest BCUT2D eigenvalue weighted by molar-refractivity contribution is 5.76. The lowest BCUT2D eigenvalue weighted by molar-refractivity contribution is -0.138. The van der Waals surface area contributed by atoms with E-state index >= 15 is 0 Å². The minimum atomic E-state index is -0.787. The molecule has 1 amide bonds. The zero-order chi connectivity index (χ0) is 13.7. The normalized spacial score (nSPS) is 16.5. The Morgan fingerprint density at radius 2 is 1.95 bits per heavy atom. The largest absolute Gasteiger partial charge is 0.481 e. The molecule has 0 spiro atoms. The maximum absolute atomic E-state index is 12.0. The first kappa shape index (κ1) is 13.5. The molecule has 0 unspecified atom stereocenters. The second-order valence-electron chi connectivity index (χ2n) is 4.47. The molecule has 19 heavy (non-hydrogen) atoms. The Labute approximate surface area is 110 Å². The van der Waals surface area contributed by atoms with Gasteiger partial charge >= 0.3 is 5.97 Å². The molecule has 1 N–H and O–H groups in total. The summed E-state index contributed by atoms with van der Waals surface area (Å²) in [5.41, 5.74) is 0. The smallest absolute Gasteiger partial charge is 0.304 e. The van der Waals surface area contributed by atoms with Crippen LogP contribution in [0.4, 0.5) is 0 Å². The van der Waals surface area contributed by atoms with Crippen LogP contribution in [0.15, 0.2) is 12.4 Å². The van der Waals surface area contributed by atoms with Gasteiger partial charge in [-0.05, 0) is 0 Å². The second kappa shape index (κ2) is 6.28. The van der Waals surface area contributed by atoms with Crippen molar-refractivity contribution in [3.8, 4) is 0 Å². The molecule has 1 saturated heterocycles. The van der Waals surface area contributed by atoms with Gasteiger partial charge in [-0.1, -0.05) is 5.21 Å². The number of carboxylic acids is 1. The average Bonchev–Trinajstić information content (AvgIpc) is 2.89. The Kier molecular flexibility index (Phi) is 4.45. The lowest BCUT2D eigenvalue weighted by Gasteiger charge is -2.34. The number of carboxylic acid groups (broad SMARTS) is 1. The van der Waals surface area contributed by atoms with E-state index in [9.17, 15) is 9.59 Å². The van der Waals surface area contributed by atoms with Gasteiger partial charge in [0.25, 0.3) is 0 Å². The van der Waals surface area contributed by atoms with E-state index in [0.717, 1.165) is 13.1 Å². The monoisotopic (exact) mass is 267 g/mol. The van der Waals surface area contributed by atoms with E-state index in [1.165, 1.54) is 10.9 Å². The number of amides is 1. The quantitative estimate of drug-likeness (QED) is 0.728. The van der Waals surface area contributed by atoms with Crippen LogP contribution in [-0.4, -0.2) is 74.5 Å². The predicted molar refractivity (Wildman–Crippen MR) is 65.3 cm³/mol. The SMILES string of the molecule is O=C(O)CCN1CCN(C(=O)Cn2ccnn2)CC1. The first-order valence-electron chi connectivity index (χ1n) is 6.21. The summed E-state index contributed by atoms with van der Waals surface area (Å²) in [5.74, 6) is -0.770. The highest BCUT2D eigenvalue weighted by Crippen LogP contribution is 2.04. The molecule has 0 bridgehead atoms. The molecule has 8 heteroatoms. The van der Waals surface area contributed by atoms with Crippen LogP contribution in [0.25, 0.3) is 0 Å². The molecule has 1 aromatic rings. The molecule has 1 aromatic heterocycles. The van der Waals surface area contributed by atoms with E-state index in [-0.39, 0.29) is 18.9 Å². The van der Waals surface area contributed by atoms with Gasteiger partial charge in [-0.25, -0.2) is 4.68 Å². The Morgan fingerprint density at radius 1 is 1.21 bits per heavy atom. The Balaban J connectivity index is 1.73. The van der Waals surface area contributed by atoms with Crippen LogP contribution in [0.3, 0.4) is 0 Å². The van der Waals surface area contributed by atoms with Crippen molar-refractivity contribution in [1.29, 1.82) is 0 Å². The lowest BCUT2D eigenvalue weighted by atomic mass is 10.3. The Hall–Kier alpha value is -1.96. The lowest BCUT2D eigenvalue weighted by Crippen LogP contribution is -2.49. The molecule has 2 heterocycles. The van der Waals surface area contributed by atoms with Crippen LogP contribution in [0.5, 0.6) is 0 Å². The van der Waals surface area contributed by atoms with E-state index in [0.29, 0.717) is 19.6 Å². The summed E-state index contributed by atoms with van der Waals surface area (Å²) in [6.07, 6.45) is 3.34. The summed E-state index contributed by atoms with van der Waals surface area (Å²) in [4.78, 5) is 26.3. The summed E-state index contributed by atoms with van der Waals surface area (Å²) >= 11 is 0. The zero-order valence-electron chi connectivity index (χ0n) is 10.6. The van der Waals surface area contributed by atoms with Crippen molar-refractivity contribution in [2.24, 2.45) is 0 Å². The summed E-state index contributed by atoms with van der Waals surface area (Å²) in [6.45, 7) is 3.45. The fourth-order valence-corrected chi connectivity index (χ4v) is 2.03. The summed E-state index contributed by atoms with van der Waals surface area (Å²) in [5, 5.41) is 16.0. The number of carbonyl (C=O) groups is 2. The minimum Gasteiger partial charge on any atom is -0.481 e. The molecule has 0 radical (unpaired) electrons. The van der Waals surface area contributed by atoms with Crippen LogP contribution in [0.1, 0.15) is 6.42 Å². The van der Waals surface area contributed by atoms with Gasteiger partial charge in [0.05, 0.1) is 12.6 Å². The van der Waals surface area contributed by atoms with E-state index in [1.807, 2.05) is 0 Å². The molecule has 0 atom stereocenters. The minimum absolute atomic E-state index is 0.0170. The summed E-state index contributed by atoms with van der Waals surface area (Å²) in [7, 11) is 0. The topological polar surface area (TPSA) is 91.6 Å². The van der Waals surface area contributed by atoms with Gasteiger partial charge < -0.3 is 10.0 Å². The first-order chi connectivity index (χ1) is 9.15. The van der Waals surface area contributed by atoms with E-state index < -0.39 is 5.97 Å². The second-order valence-corrected chi connectivity index (χ2v) is 4.47. The van der Waals surface area contributed by atoms with Crippen molar-refractivity contribution in [2.75, 3.05) is 32.7 Å². The van der Waals surface area contributed by atoms with E-state index in [4.69, 9.17) is 5.11 Å². The first-order valence-corrected chi connectivity index (χ1v) is 6.21. The number of rotatable bonds is 5. The molecule has 0 aromatic carbocycles. The average molecular weight is 267 g/mol. The highest BCUT2D eigenvalue weighted by atomic mass is 16.4. The van der Waals surface area contributed by atoms with Gasteiger partial charge in [0.15, 0.2) is 0 Å². The Bertz CT molecular complexity index is 426. The number of aliphatic carboxylic acids is 1. The van der Waals surface area contributed by atoms with Crippen LogP contribution in [-0.2, 0) is 16.1 Å². The molecular formula is C11H17N5O3. The predicted octanol–water partition coefficient (Wildman–Crippen LogP) is -1.10. The molecule has 104 valence electrons. The fourth-order valence-electron chi connectivity index (χ4n) is 2.03. The molecule has 0 aliphatic carbocycles. The maximum atomic E-state index is 12.0. The van der Waals surface area contributed by atoms with Crippen molar-refractivity contribution >= 4 is 11.9 Å². The van der Waals surface area contributed by atoms with Crippen LogP contribution >= 0.6 is 0 Å². The van der Waals surface area contributed by atoms with Crippen molar-refractivity contribution in [3.63, 3.8) is 0 Å².